The van der Waals surface area contributed by atoms with Crippen LogP contribution >= 0.6 is 0 Å². The van der Waals surface area contributed by atoms with Crippen LogP contribution in [0.5, 0.6) is 5.75 Å². The molecular weight excluding hydrogens is 252 g/mol. The van der Waals surface area contributed by atoms with E-state index in [0.717, 1.165) is 17.9 Å². The highest BCUT2D eigenvalue weighted by atomic mass is 16.5. The van der Waals surface area contributed by atoms with Crippen LogP contribution in [-0.2, 0) is 11.3 Å². The van der Waals surface area contributed by atoms with Crippen molar-refractivity contribution < 1.29 is 9.53 Å². The summed E-state index contributed by atoms with van der Waals surface area (Å²) in [5, 5.41) is 6.04. The number of hydrogen-bond donors (Lipinski definition) is 2. The maximum Gasteiger partial charge on any atom is 0.258 e. The first-order valence-electron chi connectivity index (χ1n) is 6.86. The molecule has 1 rings (SSSR count). The van der Waals surface area contributed by atoms with Crippen molar-refractivity contribution in [1.29, 1.82) is 0 Å². The average molecular weight is 276 g/mol. The molecule has 0 saturated heterocycles. The van der Waals surface area contributed by atoms with Crippen LogP contribution in [0.4, 0.5) is 0 Å². The van der Waals surface area contributed by atoms with Gasteiger partial charge in [0.15, 0.2) is 6.61 Å². The summed E-state index contributed by atoms with van der Waals surface area (Å²) in [6.45, 7) is 11.0. The molecule has 0 aliphatic rings. The number of benzene rings is 1. The fourth-order valence-corrected chi connectivity index (χ4v) is 1.68. The highest BCUT2D eigenvalue weighted by Gasteiger charge is 2.07. The second-order valence-corrected chi connectivity index (χ2v) is 5.03. The van der Waals surface area contributed by atoms with Gasteiger partial charge in [0.25, 0.3) is 5.91 Å². The summed E-state index contributed by atoms with van der Waals surface area (Å²) in [4.78, 5) is 11.5. The van der Waals surface area contributed by atoms with Gasteiger partial charge in [-0.3, -0.25) is 4.79 Å². The van der Waals surface area contributed by atoms with E-state index >= 15 is 0 Å². The third kappa shape index (κ3) is 5.89. The number of aryl methyl sites for hydroxylation is 1. The largest absolute Gasteiger partial charge is 0.483 e. The van der Waals surface area contributed by atoms with Crippen LogP contribution < -0.4 is 15.4 Å². The van der Waals surface area contributed by atoms with Gasteiger partial charge < -0.3 is 15.4 Å². The number of nitrogens with one attached hydrogen (secondary N) is 2. The third-order valence-electron chi connectivity index (χ3n) is 2.72. The first-order valence-corrected chi connectivity index (χ1v) is 6.86. The fourth-order valence-electron chi connectivity index (χ4n) is 1.68. The van der Waals surface area contributed by atoms with Crippen LogP contribution in [0.1, 0.15) is 25.0 Å². The summed E-state index contributed by atoms with van der Waals surface area (Å²) in [6, 6.07) is 6.37. The highest BCUT2D eigenvalue weighted by molar-refractivity contribution is 5.77. The molecule has 0 atom stereocenters. The van der Waals surface area contributed by atoms with Gasteiger partial charge in [0.05, 0.1) is 0 Å². The van der Waals surface area contributed by atoms with Gasteiger partial charge in [-0.15, -0.1) is 6.58 Å². The van der Waals surface area contributed by atoms with E-state index in [1.165, 1.54) is 5.56 Å². The van der Waals surface area contributed by atoms with Crippen molar-refractivity contribution in [3.63, 3.8) is 0 Å². The maximum absolute atomic E-state index is 11.5. The maximum atomic E-state index is 11.5. The lowest BCUT2D eigenvalue weighted by Crippen LogP contribution is -2.29. The molecule has 1 aromatic rings. The number of ether oxygens (including phenoxy) is 1. The summed E-state index contributed by atoms with van der Waals surface area (Å²) >= 11 is 0. The third-order valence-corrected chi connectivity index (χ3v) is 2.72. The Morgan fingerprint density at radius 1 is 1.45 bits per heavy atom. The lowest BCUT2D eigenvalue weighted by molar-refractivity contribution is -0.122. The molecule has 0 bridgehead atoms. The second kappa shape index (κ2) is 8.38. The lowest BCUT2D eigenvalue weighted by Gasteiger charge is -2.14. The van der Waals surface area contributed by atoms with Crippen molar-refractivity contribution in [1.82, 2.24) is 10.6 Å². The Morgan fingerprint density at radius 2 is 2.20 bits per heavy atom. The van der Waals surface area contributed by atoms with Crippen LogP contribution in [0.2, 0.25) is 0 Å². The number of carbonyl (C=O) groups excluding carboxylic acids is 1. The molecule has 4 nitrogen and oxygen atoms in total. The van der Waals surface area contributed by atoms with E-state index in [1.807, 2.05) is 19.1 Å². The molecule has 0 aromatic heterocycles. The summed E-state index contributed by atoms with van der Waals surface area (Å²) in [5.41, 5.74) is 2.24. The Kier molecular flexibility index (Phi) is 6.81. The number of carbonyl (C=O) groups is 1. The molecule has 1 amide bonds. The zero-order valence-corrected chi connectivity index (χ0v) is 12.5. The molecule has 110 valence electrons. The zero-order chi connectivity index (χ0) is 15.0. The summed E-state index contributed by atoms with van der Waals surface area (Å²) in [5.74, 6) is 0.603. The molecule has 1 aromatic carbocycles. The van der Waals surface area contributed by atoms with Gasteiger partial charge in [-0.2, -0.15) is 0 Å². The molecule has 4 heteroatoms. The first kappa shape index (κ1) is 16.2. The lowest BCUT2D eigenvalue weighted by atomic mass is 10.1. The molecule has 0 heterocycles. The van der Waals surface area contributed by atoms with E-state index in [4.69, 9.17) is 4.74 Å². The van der Waals surface area contributed by atoms with Gasteiger partial charge in [0, 0.05) is 24.7 Å². The van der Waals surface area contributed by atoms with Gasteiger partial charge in [-0.1, -0.05) is 37.6 Å². The van der Waals surface area contributed by atoms with Crippen molar-refractivity contribution in [2.75, 3.05) is 13.2 Å². The van der Waals surface area contributed by atoms with Crippen LogP contribution in [0.25, 0.3) is 0 Å². The van der Waals surface area contributed by atoms with Crippen molar-refractivity contribution >= 4 is 5.91 Å². The van der Waals surface area contributed by atoms with E-state index in [2.05, 4.69) is 37.1 Å². The van der Waals surface area contributed by atoms with Gasteiger partial charge >= 0.3 is 0 Å². The Labute approximate surface area is 121 Å². The Balaban J connectivity index is 2.63. The molecule has 0 fully saturated rings. The number of hydrogen-bond acceptors (Lipinski definition) is 3. The molecule has 0 aliphatic carbocycles. The Morgan fingerprint density at radius 3 is 2.85 bits per heavy atom. The van der Waals surface area contributed by atoms with Gasteiger partial charge in [0.1, 0.15) is 5.75 Å². The topological polar surface area (TPSA) is 50.4 Å². The van der Waals surface area contributed by atoms with Gasteiger partial charge in [-0.25, -0.2) is 0 Å². The van der Waals surface area contributed by atoms with Gasteiger partial charge in [0.2, 0.25) is 0 Å². The predicted octanol–water partition coefficient (Wildman–Crippen LogP) is 2.17. The monoisotopic (exact) mass is 276 g/mol. The normalized spacial score (nSPS) is 10.4. The second-order valence-electron chi connectivity index (χ2n) is 5.03. The molecular formula is C16H24N2O2. The number of amides is 1. The fraction of sp³-hybridized carbons (Fsp3) is 0.438. The molecule has 0 aliphatic heterocycles. The molecule has 0 unspecified atom stereocenters. The number of rotatable bonds is 8. The minimum Gasteiger partial charge on any atom is -0.483 e. The smallest absolute Gasteiger partial charge is 0.258 e. The Bertz CT molecular complexity index is 456. The Hall–Kier alpha value is -1.81. The molecule has 0 saturated carbocycles. The average Bonchev–Trinajstić information content (AvgIpc) is 2.41. The molecule has 0 spiro atoms. The van der Waals surface area contributed by atoms with E-state index < -0.39 is 0 Å². The first-order chi connectivity index (χ1) is 9.52. The van der Waals surface area contributed by atoms with Crippen molar-refractivity contribution in [2.24, 2.45) is 0 Å². The van der Waals surface area contributed by atoms with E-state index in [9.17, 15) is 4.79 Å². The van der Waals surface area contributed by atoms with Gasteiger partial charge in [-0.05, 0) is 13.0 Å². The molecule has 2 N–H and O–H groups in total. The summed E-state index contributed by atoms with van der Waals surface area (Å²) in [7, 11) is 0. The highest BCUT2D eigenvalue weighted by Crippen LogP contribution is 2.20. The SMILES string of the molecule is C=CCNC(=O)COc1ccc(C)cc1CNC(C)C. The minimum absolute atomic E-state index is 0.0194. The summed E-state index contributed by atoms with van der Waals surface area (Å²) < 4.78 is 5.60. The predicted molar refractivity (Wildman–Crippen MR) is 81.9 cm³/mol. The molecule has 0 radical (unpaired) electrons. The van der Waals surface area contributed by atoms with E-state index in [-0.39, 0.29) is 12.5 Å². The minimum atomic E-state index is -0.145. The van der Waals surface area contributed by atoms with Crippen molar-refractivity contribution in [3.8, 4) is 5.75 Å². The van der Waals surface area contributed by atoms with Crippen molar-refractivity contribution in [2.45, 2.75) is 33.4 Å². The molecule has 20 heavy (non-hydrogen) atoms. The standard InChI is InChI=1S/C16H24N2O2/c1-5-8-17-16(19)11-20-15-7-6-13(4)9-14(15)10-18-12(2)3/h5-7,9,12,18H,1,8,10-11H2,2-4H3,(H,17,19). The van der Waals surface area contributed by atoms with Crippen LogP contribution in [0.3, 0.4) is 0 Å². The van der Waals surface area contributed by atoms with Crippen molar-refractivity contribution in [3.05, 3.63) is 42.0 Å². The quantitative estimate of drug-likeness (QED) is 0.716. The van der Waals surface area contributed by atoms with Crippen LogP contribution in [-0.4, -0.2) is 25.1 Å². The van der Waals surface area contributed by atoms with E-state index in [0.29, 0.717) is 12.6 Å². The van der Waals surface area contributed by atoms with Crippen LogP contribution in [0, 0.1) is 6.92 Å². The van der Waals surface area contributed by atoms with Crippen LogP contribution in [0.15, 0.2) is 30.9 Å². The zero-order valence-electron chi connectivity index (χ0n) is 12.5. The summed E-state index contributed by atoms with van der Waals surface area (Å²) in [6.07, 6.45) is 1.64. The van der Waals surface area contributed by atoms with E-state index in [1.54, 1.807) is 6.08 Å².